The van der Waals surface area contributed by atoms with Crippen molar-refractivity contribution in [3.63, 3.8) is 0 Å². The Bertz CT molecular complexity index is 453. The zero-order chi connectivity index (χ0) is 13.1. The maximum atomic E-state index is 13.3. The monoisotopic (exact) mass is 254 g/mol. The normalized spacial score (nSPS) is 18.8. The van der Waals surface area contributed by atoms with Gasteiger partial charge in [-0.05, 0) is 6.42 Å². The van der Waals surface area contributed by atoms with Crippen LogP contribution in [0.4, 0.5) is 10.2 Å². The zero-order valence-corrected chi connectivity index (χ0v) is 10.4. The molecule has 0 N–H and O–H groups in total. The van der Waals surface area contributed by atoms with Gasteiger partial charge in [-0.3, -0.25) is 4.79 Å². The van der Waals surface area contributed by atoms with Crippen molar-refractivity contribution in [2.75, 3.05) is 32.2 Å². The van der Waals surface area contributed by atoms with Crippen molar-refractivity contribution < 1.29 is 18.7 Å². The standard InChI is InChI=1S/C12H15FN2O3/c1-17-9-5-10(13)14-11(6-9)15-4-3-8(7-15)12(16)18-2/h5-6,8H,3-4,7H2,1-2H3/t8-/m0/s1. The Balaban J connectivity index is 2.14. The smallest absolute Gasteiger partial charge is 0.310 e. The highest BCUT2D eigenvalue weighted by molar-refractivity contribution is 5.74. The fraction of sp³-hybridized carbons (Fsp3) is 0.500. The topological polar surface area (TPSA) is 51.7 Å². The van der Waals surface area contributed by atoms with Crippen molar-refractivity contribution in [2.24, 2.45) is 5.92 Å². The number of methoxy groups -OCH3 is 2. The molecule has 98 valence electrons. The lowest BCUT2D eigenvalue weighted by Crippen LogP contribution is -2.24. The third kappa shape index (κ3) is 2.52. The highest BCUT2D eigenvalue weighted by atomic mass is 19.1. The lowest BCUT2D eigenvalue weighted by Gasteiger charge is -2.17. The SMILES string of the molecule is COC(=O)[C@H]1CCN(c2cc(OC)cc(F)n2)C1. The van der Waals surface area contributed by atoms with Gasteiger partial charge in [-0.15, -0.1) is 0 Å². The Morgan fingerprint density at radius 3 is 2.94 bits per heavy atom. The molecular formula is C12H15FN2O3. The van der Waals surface area contributed by atoms with Crippen LogP contribution in [0.2, 0.25) is 0 Å². The van der Waals surface area contributed by atoms with E-state index >= 15 is 0 Å². The van der Waals surface area contributed by atoms with Crippen LogP contribution in [0.25, 0.3) is 0 Å². The molecule has 0 amide bonds. The largest absolute Gasteiger partial charge is 0.496 e. The van der Waals surface area contributed by atoms with E-state index in [2.05, 4.69) is 4.98 Å². The molecule has 1 saturated heterocycles. The first kappa shape index (κ1) is 12.6. The summed E-state index contributed by atoms with van der Waals surface area (Å²) in [5.74, 6) is -0.102. The van der Waals surface area contributed by atoms with Gasteiger partial charge < -0.3 is 14.4 Å². The highest BCUT2D eigenvalue weighted by Crippen LogP contribution is 2.26. The van der Waals surface area contributed by atoms with Crippen LogP contribution < -0.4 is 9.64 Å². The second-order valence-corrected chi connectivity index (χ2v) is 4.14. The summed E-state index contributed by atoms with van der Waals surface area (Å²) in [6, 6.07) is 2.88. The molecule has 0 saturated carbocycles. The van der Waals surface area contributed by atoms with Crippen LogP contribution in [0, 0.1) is 11.9 Å². The number of nitrogens with zero attached hydrogens (tertiary/aromatic N) is 2. The fourth-order valence-electron chi connectivity index (χ4n) is 2.07. The average Bonchev–Trinajstić information content (AvgIpc) is 2.86. The van der Waals surface area contributed by atoms with Crippen LogP contribution in [0.15, 0.2) is 12.1 Å². The Hall–Kier alpha value is -1.85. The molecule has 1 fully saturated rings. The van der Waals surface area contributed by atoms with Gasteiger partial charge in [0, 0.05) is 25.2 Å². The molecule has 2 heterocycles. The third-order valence-electron chi connectivity index (χ3n) is 3.04. The van der Waals surface area contributed by atoms with E-state index in [1.54, 1.807) is 6.07 Å². The summed E-state index contributed by atoms with van der Waals surface area (Å²) in [5.41, 5.74) is 0. The number of halogens is 1. The van der Waals surface area contributed by atoms with E-state index in [4.69, 9.17) is 9.47 Å². The number of esters is 1. The number of hydrogen-bond acceptors (Lipinski definition) is 5. The van der Waals surface area contributed by atoms with Gasteiger partial charge in [0.15, 0.2) is 0 Å². The number of anilines is 1. The molecule has 1 atom stereocenters. The minimum Gasteiger partial charge on any atom is -0.496 e. The van der Waals surface area contributed by atoms with E-state index in [0.717, 1.165) is 0 Å². The van der Waals surface area contributed by atoms with Gasteiger partial charge in [0.05, 0.1) is 20.1 Å². The van der Waals surface area contributed by atoms with Crippen LogP contribution in [0.5, 0.6) is 5.75 Å². The van der Waals surface area contributed by atoms with Gasteiger partial charge >= 0.3 is 5.97 Å². The van der Waals surface area contributed by atoms with Gasteiger partial charge in [0.1, 0.15) is 11.6 Å². The van der Waals surface area contributed by atoms with E-state index in [1.165, 1.54) is 20.3 Å². The Morgan fingerprint density at radius 2 is 2.28 bits per heavy atom. The second kappa shape index (κ2) is 5.20. The molecule has 2 rings (SSSR count). The Labute approximate surface area is 105 Å². The van der Waals surface area contributed by atoms with Gasteiger partial charge in [-0.25, -0.2) is 4.98 Å². The summed E-state index contributed by atoms with van der Waals surface area (Å²) >= 11 is 0. The van der Waals surface area contributed by atoms with Crippen LogP contribution in [-0.4, -0.2) is 38.3 Å². The Kier molecular flexibility index (Phi) is 3.64. The Morgan fingerprint density at radius 1 is 1.50 bits per heavy atom. The van der Waals surface area contributed by atoms with E-state index in [9.17, 15) is 9.18 Å². The number of aromatic nitrogens is 1. The van der Waals surface area contributed by atoms with E-state index in [-0.39, 0.29) is 11.9 Å². The van der Waals surface area contributed by atoms with Gasteiger partial charge in [-0.1, -0.05) is 0 Å². The van der Waals surface area contributed by atoms with Crippen LogP contribution in [0.1, 0.15) is 6.42 Å². The first-order valence-electron chi connectivity index (χ1n) is 5.68. The van der Waals surface area contributed by atoms with Crippen LogP contribution >= 0.6 is 0 Å². The second-order valence-electron chi connectivity index (χ2n) is 4.14. The van der Waals surface area contributed by atoms with Gasteiger partial charge in [0.25, 0.3) is 0 Å². The van der Waals surface area contributed by atoms with Crippen LogP contribution in [0.3, 0.4) is 0 Å². The maximum Gasteiger partial charge on any atom is 0.310 e. The molecule has 0 radical (unpaired) electrons. The molecule has 0 spiro atoms. The lowest BCUT2D eigenvalue weighted by atomic mass is 10.1. The third-order valence-corrected chi connectivity index (χ3v) is 3.04. The molecule has 1 aliphatic heterocycles. The number of carbonyl (C=O) groups excluding carboxylic acids is 1. The van der Waals surface area contributed by atoms with E-state index in [1.807, 2.05) is 4.90 Å². The van der Waals surface area contributed by atoms with Crippen molar-refractivity contribution in [3.8, 4) is 5.75 Å². The van der Waals surface area contributed by atoms with Crippen molar-refractivity contribution in [1.82, 2.24) is 4.98 Å². The molecule has 0 aliphatic carbocycles. The van der Waals surface area contributed by atoms with Gasteiger partial charge in [-0.2, -0.15) is 4.39 Å². The molecule has 0 bridgehead atoms. The molecule has 1 aliphatic rings. The number of carbonyl (C=O) groups is 1. The average molecular weight is 254 g/mol. The minimum atomic E-state index is -0.592. The fourth-order valence-corrected chi connectivity index (χ4v) is 2.07. The minimum absolute atomic E-state index is 0.175. The number of pyridine rings is 1. The molecule has 6 heteroatoms. The predicted octanol–water partition coefficient (Wildman–Crippen LogP) is 1.23. The molecule has 0 aromatic carbocycles. The summed E-state index contributed by atoms with van der Waals surface area (Å²) in [6.07, 6.45) is 0.688. The maximum absolute atomic E-state index is 13.3. The van der Waals surface area contributed by atoms with Crippen molar-refractivity contribution >= 4 is 11.8 Å². The first-order valence-corrected chi connectivity index (χ1v) is 5.68. The predicted molar refractivity (Wildman–Crippen MR) is 63.1 cm³/mol. The molecule has 0 unspecified atom stereocenters. The van der Waals surface area contributed by atoms with E-state index in [0.29, 0.717) is 31.1 Å². The number of ether oxygens (including phenoxy) is 2. The lowest BCUT2D eigenvalue weighted by molar-refractivity contribution is -0.144. The zero-order valence-electron chi connectivity index (χ0n) is 10.4. The summed E-state index contributed by atoms with van der Waals surface area (Å²) in [7, 11) is 2.84. The molecule has 5 nitrogen and oxygen atoms in total. The van der Waals surface area contributed by atoms with E-state index < -0.39 is 5.95 Å². The van der Waals surface area contributed by atoms with Crippen LogP contribution in [-0.2, 0) is 9.53 Å². The quantitative estimate of drug-likeness (QED) is 0.600. The summed E-state index contributed by atoms with van der Waals surface area (Å²) in [4.78, 5) is 17.1. The molecule has 1 aromatic rings. The first-order chi connectivity index (χ1) is 8.63. The van der Waals surface area contributed by atoms with Crippen molar-refractivity contribution in [2.45, 2.75) is 6.42 Å². The van der Waals surface area contributed by atoms with Crippen molar-refractivity contribution in [3.05, 3.63) is 18.1 Å². The summed E-state index contributed by atoms with van der Waals surface area (Å²) < 4.78 is 23.0. The summed E-state index contributed by atoms with van der Waals surface area (Å²) in [6.45, 7) is 1.14. The molecule has 18 heavy (non-hydrogen) atoms. The summed E-state index contributed by atoms with van der Waals surface area (Å²) in [5, 5.41) is 0. The van der Waals surface area contributed by atoms with Crippen molar-refractivity contribution in [1.29, 1.82) is 0 Å². The van der Waals surface area contributed by atoms with Gasteiger partial charge in [0.2, 0.25) is 5.95 Å². The highest BCUT2D eigenvalue weighted by Gasteiger charge is 2.30. The number of hydrogen-bond donors (Lipinski definition) is 0. The number of rotatable bonds is 3. The molecule has 1 aromatic heterocycles. The molecular weight excluding hydrogens is 239 g/mol.